The highest BCUT2D eigenvalue weighted by Crippen LogP contribution is 2.35. The maximum Gasteiger partial charge on any atom is 0.228 e. The van der Waals surface area contributed by atoms with Crippen LogP contribution in [0.3, 0.4) is 0 Å². The van der Waals surface area contributed by atoms with Crippen LogP contribution in [0, 0.1) is 6.92 Å². The minimum Gasteiger partial charge on any atom is -0.438 e. The van der Waals surface area contributed by atoms with Gasteiger partial charge in [0.25, 0.3) is 0 Å². The fraction of sp³-hybridized carbons (Fsp3) is 0.167. The number of carbonyl (C=O) groups is 1. The van der Waals surface area contributed by atoms with E-state index >= 15 is 0 Å². The zero-order valence-electron chi connectivity index (χ0n) is 21.4. The van der Waals surface area contributed by atoms with Crippen LogP contribution in [-0.2, 0) is 11.8 Å². The van der Waals surface area contributed by atoms with Crippen LogP contribution in [0.1, 0.15) is 27.8 Å². The van der Waals surface area contributed by atoms with Crippen LogP contribution in [0.4, 0.5) is 5.69 Å². The number of aryl methyl sites for hydroxylation is 2. The Balaban J connectivity index is 0.000000314. The summed E-state index contributed by atoms with van der Waals surface area (Å²) in [7, 11) is 1.90. The number of hydrogen-bond donors (Lipinski definition) is 1. The number of aromatic nitrogens is 3. The van der Waals surface area contributed by atoms with Crippen LogP contribution in [0.25, 0.3) is 22.0 Å². The van der Waals surface area contributed by atoms with Gasteiger partial charge in [-0.3, -0.25) is 9.48 Å². The SMILES string of the molecule is CC.CC(=O)Nc1ccccc1.Cc1ccc(Oc2ncccc2-c2ccn(C)n2)c2ccccc12.[HH]. The standard InChI is InChI=1S/C20H17N3O.C8H9NO.C2H6.H2/c1-14-9-10-19(16-7-4-3-6-15(14)16)24-20-17(8-5-12-21-20)18-11-13-23(2)22-18;1-7(10)9-8-5-3-2-4-6-8;1-2;/h3-13H,1-2H3;2-6H,1H3,(H,9,10);1-2H3;1H. The van der Waals surface area contributed by atoms with Crippen LogP contribution >= 0.6 is 0 Å². The largest absolute Gasteiger partial charge is 0.438 e. The molecular formula is C30H34N4O2. The maximum atomic E-state index is 10.5. The van der Waals surface area contributed by atoms with Crippen molar-refractivity contribution in [3.8, 4) is 22.9 Å². The third-order valence-corrected chi connectivity index (χ3v) is 5.16. The van der Waals surface area contributed by atoms with Crippen LogP contribution in [0.5, 0.6) is 11.6 Å². The number of pyridine rings is 1. The molecule has 2 aromatic heterocycles. The van der Waals surface area contributed by atoms with E-state index in [-0.39, 0.29) is 7.33 Å². The van der Waals surface area contributed by atoms with Crippen molar-refractivity contribution in [3.05, 3.63) is 103 Å². The van der Waals surface area contributed by atoms with Crippen LogP contribution in [0.15, 0.2) is 97.3 Å². The molecule has 5 rings (SSSR count). The van der Waals surface area contributed by atoms with E-state index in [9.17, 15) is 4.79 Å². The second kappa shape index (κ2) is 12.9. The number of amides is 1. The van der Waals surface area contributed by atoms with Gasteiger partial charge in [0.15, 0.2) is 0 Å². The van der Waals surface area contributed by atoms with E-state index in [1.165, 1.54) is 17.9 Å². The molecule has 0 radical (unpaired) electrons. The fourth-order valence-corrected chi connectivity index (χ4v) is 3.57. The summed E-state index contributed by atoms with van der Waals surface area (Å²) in [6, 6.07) is 27.5. The Labute approximate surface area is 214 Å². The Hall–Kier alpha value is -4.45. The number of ether oxygens (including phenoxy) is 1. The molecule has 6 heteroatoms. The number of fused-ring (bicyclic) bond motifs is 1. The zero-order chi connectivity index (χ0) is 25.9. The van der Waals surface area contributed by atoms with Gasteiger partial charge in [-0.2, -0.15) is 5.10 Å². The highest BCUT2D eigenvalue weighted by Gasteiger charge is 2.13. The van der Waals surface area contributed by atoms with Crippen molar-refractivity contribution in [2.45, 2.75) is 27.7 Å². The molecule has 0 saturated carbocycles. The Morgan fingerprint density at radius 3 is 2.25 bits per heavy atom. The number of nitrogens with zero attached hydrogens (tertiary/aromatic N) is 3. The van der Waals surface area contributed by atoms with Gasteiger partial charge in [-0.1, -0.05) is 62.4 Å². The van der Waals surface area contributed by atoms with E-state index in [1.54, 1.807) is 10.9 Å². The molecule has 2 heterocycles. The van der Waals surface area contributed by atoms with Crippen molar-refractivity contribution in [1.29, 1.82) is 0 Å². The van der Waals surface area contributed by atoms with E-state index in [0.717, 1.165) is 28.1 Å². The summed E-state index contributed by atoms with van der Waals surface area (Å²) in [4.78, 5) is 14.9. The first-order valence-corrected chi connectivity index (χ1v) is 11.9. The molecule has 0 aliphatic heterocycles. The van der Waals surface area contributed by atoms with Gasteiger partial charge in [0.05, 0.1) is 11.3 Å². The van der Waals surface area contributed by atoms with Gasteiger partial charge >= 0.3 is 0 Å². The molecule has 5 aromatic rings. The summed E-state index contributed by atoms with van der Waals surface area (Å²) in [5.41, 5.74) is 3.79. The van der Waals surface area contributed by atoms with Gasteiger partial charge in [-0.15, -0.1) is 0 Å². The third kappa shape index (κ3) is 6.79. The molecule has 0 unspecified atom stereocenters. The molecule has 1 amide bonds. The summed E-state index contributed by atoms with van der Waals surface area (Å²) < 4.78 is 7.95. The van der Waals surface area contributed by atoms with Gasteiger partial charge in [-0.05, 0) is 54.3 Å². The average molecular weight is 483 g/mol. The molecule has 1 N–H and O–H groups in total. The monoisotopic (exact) mass is 482 g/mol. The highest BCUT2D eigenvalue weighted by atomic mass is 16.5. The molecule has 36 heavy (non-hydrogen) atoms. The first-order valence-electron chi connectivity index (χ1n) is 11.9. The van der Waals surface area contributed by atoms with Crippen LogP contribution < -0.4 is 10.1 Å². The van der Waals surface area contributed by atoms with Gasteiger partial charge in [-0.25, -0.2) is 4.98 Å². The van der Waals surface area contributed by atoms with Crippen molar-refractivity contribution >= 4 is 22.4 Å². The summed E-state index contributed by atoms with van der Waals surface area (Å²) >= 11 is 0. The molecule has 0 aliphatic rings. The predicted molar refractivity (Wildman–Crippen MR) is 149 cm³/mol. The maximum absolute atomic E-state index is 10.5. The topological polar surface area (TPSA) is 69.0 Å². The summed E-state index contributed by atoms with van der Waals surface area (Å²) in [5.74, 6) is 1.32. The second-order valence-corrected chi connectivity index (χ2v) is 7.81. The molecule has 0 atom stereocenters. The first-order chi connectivity index (χ1) is 17.5. The summed E-state index contributed by atoms with van der Waals surface area (Å²) in [6.45, 7) is 7.60. The molecular weight excluding hydrogens is 448 g/mol. The molecule has 186 valence electrons. The van der Waals surface area contributed by atoms with E-state index in [4.69, 9.17) is 4.74 Å². The number of rotatable bonds is 4. The Kier molecular flexibility index (Phi) is 9.34. The second-order valence-electron chi connectivity index (χ2n) is 7.81. The molecule has 0 spiro atoms. The lowest BCUT2D eigenvalue weighted by Crippen LogP contribution is -2.04. The summed E-state index contributed by atoms with van der Waals surface area (Å²) in [5, 5.41) is 9.39. The lowest BCUT2D eigenvalue weighted by Gasteiger charge is -2.12. The van der Waals surface area contributed by atoms with E-state index in [1.807, 2.05) is 93.8 Å². The zero-order valence-corrected chi connectivity index (χ0v) is 21.4. The van der Waals surface area contributed by atoms with Crippen molar-refractivity contribution in [1.82, 2.24) is 14.8 Å². The third-order valence-electron chi connectivity index (χ3n) is 5.16. The molecule has 0 saturated heterocycles. The minimum atomic E-state index is -0.0359. The summed E-state index contributed by atoms with van der Waals surface area (Å²) in [6.07, 6.45) is 3.64. The quantitative estimate of drug-likeness (QED) is 0.286. The number of para-hydroxylation sites is 1. The lowest BCUT2D eigenvalue weighted by molar-refractivity contribution is -0.114. The van der Waals surface area contributed by atoms with Crippen molar-refractivity contribution < 1.29 is 11.0 Å². The molecule has 0 aliphatic carbocycles. The van der Waals surface area contributed by atoms with Gasteiger partial charge in [0.1, 0.15) is 5.75 Å². The van der Waals surface area contributed by atoms with E-state index < -0.39 is 0 Å². The molecule has 6 nitrogen and oxygen atoms in total. The van der Waals surface area contributed by atoms with Crippen LogP contribution in [0.2, 0.25) is 0 Å². The normalized spacial score (nSPS) is 9.92. The van der Waals surface area contributed by atoms with Gasteiger partial charge in [0.2, 0.25) is 11.8 Å². The number of hydrogen-bond acceptors (Lipinski definition) is 4. The molecule has 0 bridgehead atoms. The van der Waals surface area contributed by atoms with E-state index in [0.29, 0.717) is 5.88 Å². The first kappa shape index (κ1) is 26.2. The molecule has 0 fully saturated rings. The number of benzene rings is 3. The Morgan fingerprint density at radius 2 is 1.58 bits per heavy atom. The Morgan fingerprint density at radius 1 is 0.889 bits per heavy atom. The van der Waals surface area contributed by atoms with Gasteiger partial charge in [0, 0.05) is 38.9 Å². The minimum absolute atomic E-state index is 0. The van der Waals surface area contributed by atoms with Crippen molar-refractivity contribution in [2.75, 3.05) is 5.32 Å². The Bertz CT molecular complexity index is 1420. The predicted octanol–water partition coefficient (Wildman–Crippen LogP) is 7.65. The van der Waals surface area contributed by atoms with E-state index in [2.05, 4.69) is 40.5 Å². The smallest absolute Gasteiger partial charge is 0.228 e. The number of anilines is 1. The fourth-order valence-electron chi connectivity index (χ4n) is 3.57. The number of nitrogens with one attached hydrogen (secondary N) is 1. The van der Waals surface area contributed by atoms with Crippen molar-refractivity contribution in [3.63, 3.8) is 0 Å². The van der Waals surface area contributed by atoms with Crippen molar-refractivity contribution in [2.24, 2.45) is 7.05 Å². The average Bonchev–Trinajstić information content (AvgIpc) is 3.34. The molecule has 3 aromatic carbocycles. The number of carbonyl (C=O) groups excluding carboxylic acids is 1. The lowest BCUT2D eigenvalue weighted by atomic mass is 10.0. The van der Waals surface area contributed by atoms with Gasteiger partial charge < -0.3 is 10.1 Å². The van der Waals surface area contributed by atoms with Crippen LogP contribution in [-0.4, -0.2) is 20.7 Å². The highest BCUT2D eigenvalue weighted by molar-refractivity contribution is 5.91.